The Kier molecular flexibility index (Phi) is 3.06. The van der Waals surface area contributed by atoms with Crippen LogP contribution in [0.4, 0.5) is 5.69 Å². The highest BCUT2D eigenvalue weighted by molar-refractivity contribution is 6.30. The molecule has 96 valence electrons. The van der Waals surface area contributed by atoms with Crippen molar-refractivity contribution in [3.8, 4) is 0 Å². The van der Waals surface area contributed by atoms with Crippen molar-refractivity contribution in [2.45, 2.75) is 38.1 Å². The fraction of sp³-hybridized carbons (Fsp3) is 0.429. The minimum Gasteiger partial charge on any atom is -0.369 e. The van der Waals surface area contributed by atoms with Gasteiger partial charge >= 0.3 is 0 Å². The third-order valence-electron chi connectivity index (χ3n) is 3.83. The van der Waals surface area contributed by atoms with Crippen LogP contribution in [-0.2, 0) is 0 Å². The molecule has 3 rings (SSSR count). The maximum atomic E-state index is 10.4. The number of rotatable bonds is 1. The summed E-state index contributed by atoms with van der Waals surface area (Å²) < 4.78 is 0. The van der Waals surface area contributed by atoms with E-state index < -0.39 is 12.5 Å². The van der Waals surface area contributed by atoms with Crippen LogP contribution in [0.2, 0.25) is 5.02 Å². The van der Waals surface area contributed by atoms with E-state index in [1.807, 2.05) is 12.1 Å². The predicted octanol–water partition coefficient (Wildman–Crippen LogP) is 2.67. The molecule has 0 amide bonds. The van der Waals surface area contributed by atoms with Crippen LogP contribution >= 0.6 is 11.6 Å². The quantitative estimate of drug-likeness (QED) is 0.768. The normalized spacial score (nSPS) is 27.6. The van der Waals surface area contributed by atoms with Gasteiger partial charge in [-0.05, 0) is 61.1 Å². The number of anilines is 1. The van der Waals surface area contributed by atoms with Gasteiger partial charge in [-0.1, -0.05) is 11.6 Å². The lowest BCUT2D eigenvalue weighted by molar-refractivity contribution is 0.145. The first kappa shape index (κ1) is 12.0. The molecule has 18 heavy (non-hydrogen) atoms. The van der Waals surface area contributed by atoms with Gasteiger partial charge < -0.3 is 15.1 Å². The lowest BCUT2D eigenvalue weighted by Crippen LogP contribution is -2.38. The van der Waals surface area contributed by atoms with E-state index in [2.05, 4.69) is 0 Å². The van der Waals surface area contributed by atoms with E-state index in [0.717, 1.165) is 42.5 Å². The van der Waals surface area contributed by atoms with E-state index in [1.165, 1.54) is 0 Å². The minimum atomic E-state index is -0.698. The molecule has 2 atom stereocenters. The Morgan fingerprint density at radius 2 is 1.44 bits per heavy atom. The molecule has 0 aromatic heterocycles. The summed E-state index contributed by atoms with van der Waals surface area (Å²) in [6, 6.07) is 7.20. The second-order valence-electron chi connectivity index (χ2n) is 4.89. The summed E-state index contributed by atoms with van der Waals surface area (Å²) in [5.41, 5.74) is 2.81. The van der Waals surface area contributed by atoms with Crippen LogP contribution in [0, 0.1) is 0 Å². The molecule has 0 saturated carbocycles. The van der Waals surface area contributed by atoms with E-state index in [-0.39, 0.29) is 0 Å². The van der Waals surface area contributed by atoms with E-state index in [9.17, 15) is 10.2 Å². The van der Waals surface area contributed by atoms with Crippen molar-refractivity contribution in [3.05, 3.63) is 40.4 Å². The number of aliphatic hydroxyl groups is 2. The van der Waals surface area contributed by atoms with Gasteiger partial charge in [-0.15, -0.1) is 0 Å². The molecule has 0 fully saturated rings. The lowest BCUT2D eigenvalue weighted by Gasteiger charge is -2.28. The zero-order valence-corrected chi connectivity index (χ0v) is 10.8. The third kappa shape index (κ3) is 1.83. The van der Waals surface area contributed by atoms with Crippen molar-refractivity contribution < 1.29 is 10.2 Å². The Morgan fingerprint density at radius 1 is 0.944 bits per heavy atom. The van der Waals surface area contributed by atoms with Gasteiger partial charge in [0.2, 0.25) is 0 Å². The van der Waals surface area contributed by atoms with Crippen LogP contribution in [0.1, 0.15) is 25.7 Å². The molecule has 1 aromatic carbocycles. The third-order valence-corrected chi connectivity index (χ3v) is 4.08. The average Bonchev–Trinajstić information content (AvgIpc) is 2.64. The van der Waals surface area contributed by atoms with Gasteiger partial charge in [-0.3, -0.25) is 0 Å². The van der Waals surface area contributed by atoms with Gasteiger partial charge in [-0.2, -0.15) is 0 Å². The number of benzene rings is 1. The van der Waals surface area contributed by atoms with Crippen molar-refractivity contribution >= 4 is 17.3 Å². The largest absolute Gasteiger partial charge is 0.369 e. The summed E-state index contributed by atoms with van der Waals surface area (Å²) in [7, 11) is 0. The van der Waals surface area contributed by atoms with Gasteiger partial charge in [0.1, 0.15) is 0 Å². The molecule has 1 aliphatic heterocycles. The fourth-order valence-corrected chi connectivity index (χ4v) is 3.03. The minimum absolute atomic E-state index is 0.652. The van der Waals surface area contributed by atoms with Crippen LogP contribution in [0.3, 0.4) is 0 Å². The van der Waals surface area contributed by atoms with Gasteiger partial charge in [-0.25, -0.2) is 0 Å². The molecule has 0 spiro atoms. The van der Waals surface area contributed by atoms with Crippen LogP contribution in [0.5, 0.6) is 0 Å². The van der Waals surface area contributed by atoms with Gasteiger partial charge in [0, 0.05) is 10.7 Å². The van der Waals surface area contributed by atoms with Crippen LogP contribution in [0.15, 0.2) is 35.4 Å². The first-order chi connectivity index (χ1) is 8.68. The van der Waals surface area contributed by atoms with Gasteiger partial charge in [0.25, 0.3) is 0 Å². The molecule has 0 bridgehead atoms. The average molecular weight is 266 g/mol. The first-order valence-corrected chi connectivity index (χ1v) is 6.68. The summed E-state index contributed by atoms with van der Waals surface area (Å²) >= 11 is 5.86. The summed E-state index contributed by atoms with van der Waals surface area (Å²) in [6.07, 6.45) is 2.57. The van der Waals surface area contributed by atoms with Crippen LogP contribution in [-0.4, -0.2) is 22.7 Å². The number of halogens is 1. The highest BCUT2D eigenvalue weighted by Crippen LogP contribution is 2.40. The molecule has 2 N–H and O–H groups in total. The zero-order valence-electron chi connectivity index (χ0n) is 10.0. The summed E-state index contributed by atoms with van der Waals surface area (Å²) in [5, 5.41) is 21.4. The van der Waals surface area contributed by atoms with Crippen molar-refractivity contribution in [1.29, 1.82) is 0 Å². The second-order valence-corrected chi connectivity index (χ2v) is 5.33. The summed E-state index contributed by atoms with van der Waals surface area (Å²) in [4.78, 5) is 1.66. The second kappa shape index (κ2) is 4.57. The molecule has 2 aliphatic rings. The lowest BCUT2D eigenvalue weighted by atomic mass is 9.93. The molecular weight excluding hydrogens is 250 g/mol. The first-order valence-electron chi connectivity index (χ1n) is 6.30. The van der Waals surface area contributed by atoms with Crippen molar-refractivity contribution in [2.75, 3.05) is 4.90 Å². The molecular formula is C14H16ClNO2. The van der Waals surface area contributed by atoms with E-state index in [1.54, 1.807) is 17.0 Å². The Balaban J connectivity index is 1.93. The molecule has 1 aromatic rings. The zero-order chi connectivity index (χ0) is 12.7. The summed E-state index contributed by atoms with van der Waals surface area (Å²) in [5.74, 6) is 0. The van der Waals surface area contributed by atoms with Gasteiger partial charge in [0.05, 0.1) is 0 Å². The highest BCUT2D eigenvalue weighted by atomic mass is 35.5. The standard InChI is InChI=1S/C14H16ClNO2/c15-9-5-7-10(8-6-9)16-13(17)11-3-1-2-4-12(11)14(16)18/h5-8,13-14,17-18H,1-4H2. The molecule has 1 aliphatic carbocycles. The number of aliphatic hydroxyl groups excluding tert-OH is 2. The van der Waals surface area contributed by atoms with E-state index >= 15 is 0 Å². The Labute approximate surface area is 111 Å². The fourth-order valence-electron chi connectivity index (χ4n) is 2.91. The van der Waals surface area contributed by atoms with Crippen molar-refractivity contribution in [2.24, 2.45) is 0 Å². The number of hydrogen-bond donors (Lipinski definition) is 2. The molecule has 1 heterocycles. The number of nitrogens with zero attached hydrogens (tertiary/aromatic N) is 1. The highest BCUT2D eigenvalue weighted by Gasteiger charge is 2.39. The Hall–Kier alpha value is -1.03. The van der Waals surface area contributed by atoms with Gasteiger partial charge in [0.15, 0.2) is 12.5 Å². The predicted molar refractivity (Wildman–Crippen MR) is 71.4 cm³/mol. The molecule has 0 radical (unpaired) electrons. The molecule has 0 saturated heterocycles. The smallest absolute Gasteiger partial charge is 0.151 e. The van der Waals surface area contributed by atoms with E-state index in [4.69, 9.17) is 11.6 Å². The topological polar surface area (TPSA) is 43.7 Å². The SMILES string of the molecule is OC1C2=C(CCCC2)C(O)N1c1ccc(Cl)cc1. The number of hydrogen-bond acceptors (Lipinski definition) is 3. The van der Waals surface area contributed by atoms with Crippen molar-refractivity contribution in [1.82, 2.24) is 0 Å². The Bertz CT molecular complexity index is 461. The maximum absolute atomic E-state index is 10.4. The van der Waals surface area contributed by atoms with Crippen molar-refractivity contribution in [3.63, 3.8) is 0 Å². The maximum Gasteiger partial charge on any atom is 0.151 e. The monoisotopic (exact) mass is 265 g/mol. The summed E-state index contributed by atoms with van der Waals surface area (Å²) in [6.45, 7) is 0. The molecule has 2 unspecified atom stereocenters. The molecule has 3 nitrogen and oxygen atoms in total. The van der Waals surface area contributed by atoms with Crippen LogP contribution < -0.4 is 4.90 Å². The van der Waals surface area contributed by atoms with E-state index in [0.29, 0.717) is 5.02 Å². The van der Waals surface area contributed by atoms with Crippen LogP contribution in [0.25, 0.3) is 0 Å². The molecule has 4 heteroatoms. The Morgan fingerprint density at radius 3 is 1.94 bits per heavy atom.